The second-order valence-corrected chi connectivity index (χ2v) is 11.7. The van der Waals surface area contributed by atoms with E-state index in [1.54, 1.807) is 0 Å². The molecule has 4 fully saturated rings. The molecular weight excluding hydrogens is 398 g/mol. The Labute approximate surface area is 194 Å². The minimum absolute atomic E-state index is 0.0119. The molecule has 1 aromatic rings. The van der Waals surface area contributed by atoms with Crippen LogP contribution in [-0.4, -0.2) is 73.2 Å². The summed E-state index contributed by atoms with van der Waals surface area (Å²) in [6.07, 6.45) is 9.37. The van der Waals surface area contributed by atoms with E-state index in [2.05, 4.69) is 66.1 Å². The molecule has 1 aromatic carbocycles. The summed E-state index contributed by atoms with van der Waals surface area (Å²) < 4.78 is 5.45. The molecule has 0 radical (unpaired) electrons. The van der Waals surface area contributed by atoms with Gasteiger partial charge in [0, 0.05) is 30.6 Å². The Bertz CT molecular complexity index is 807. The normalized spacial score (nSPS) is 32.4. The van der Waals surface area contributed by atoms with Crippen LogP contribution in [0.25, 0.3) is 0 Å². The van der Waals surface area contributed by atoms with Gasteiger partial charge in [0.25, 0.3) is 0 Å². The van der Waals surface area contributed by atoms with Gasteiger partial charge in [-0.1, -0.05) is 43.7 Å². The lowest BCUT2D eigenvalue weighted by Gasteiger charge is -2.51. The summed E-state index contributed by atoms with van der Waals surface area (Å²) in [5.74, 6) is 0.711. The molecule has 32 heavy (non-hydrogen) atoms. The van der Waals surface area contributed by atoms with Crippen molar-refractivity contribution >= 4 is 6.03 Å². The number of amides is 2. The van der Waals surface area contributed by atoms with Crippen LogP contribution in [0.15, 0.2) is 30.3 Å². The number of carbonyl (C=O) groups is 1. The maximum Gasteiger partial charge on any atom is 0.320 e. The van der Waals surface area contributed by atoms with Crippen molar-refractivity contribution in [3.63, 3.8) is 0 Å². The molecule has 0 atom stereocenters. The first kappa shape index (κ1) is 22.2. The smallest absolute Gasteiger partial charge is 0.320 e. The van der Waals surface area contributed by atoms with E-state index in [4.69, 9.17) is 4.74 Å². The summed E-state index contributed by atoms with van der Waals surface area (Å²) in [5.41, 5.74) is 1.76. The Morgan fingerprint density at radius 1 is 1.06 bits per heavy atom. The summed E-state index contributed by atoms with van der Waals surface area (Å²) in [6.45, 7) is 6.73. The van der Waals surface area contributed by atoms with Crippen molar-refractivity contribution in [2.24, 2.45) is 11.3 Å². The van der Waals surface area contributed by atoms with Gasteiger partial charge in [-0.25, -0.2) is 4.79 Å². The molecule has 2 heterocycles. The first-order chi connectivity index (χ1) is 15.4. The second-order valence-electron chi connectivity index (χ2n) is 11.7. The molecule has 0 aromatic heterocycles. The fraction of sp³-hybridized carbons (Fsp3) is 0.741. The first-order valence-corrected chi connectivity index (χ1v) is 12.7. The maximum absolute atomic E-state index is 13.7. The van der Waals surface area contributed by atoms with Crippen molar-refractivity contribution in [2.45, 2.75) is 69.4 Å². The third-order valence-corrected chi connectivity index (χ3v) is 9.29. The zero-order chi connectivity index (χ0) is 22.4. The van der Waals surface area contributed by atoms with Gasteiger partial charge in [0.2, 0.25) is 0 Å². The molecule has 2 saturated carbocycles. The van der Waals surface area contributed by atoms with E-state index in [0.29, 0.717) is 11.9 Å². The third kappa shape index (κ3) is 3.75. The minimum Gasteiger partial charge on any atom is -0.380 e. The lowest BCUT2D eigenvalue weighted by molar-refractivity contribution is -0.107. The Kier molecular flexibility index (Phi) is 5.78. The summed E-state index contributed by atoms with van der Waals surface area (Å²) in [6, 6.07) is 11.3. The predicted molar refractivity (Wildman–Crippen MR) is 128 cm³/mol. The molecule has 176 valence electrons. The third-order valence-electron chi connectivity index (χ3n) is 9.29. The molecule has 5 nitrogen and oxygen atoms in total. The maximum atomic E-state index is 13.7. The average molecular weight is 440 g/mol. The van der Waals surface area contributed by atoms with Crippen molar-refractivity contribution in [3.05, 3.63) is 35.9 Å². The van der Waals surface area contributed by atoms with Crippen LogP contribution >= 0.6 is 0 Å². The number of hydrogen-bond donors (Lipinski definition) is 0. The monoisotopic (exact) mass is 439 g/mol. The lowest BCUT2D eigenvalue weighted by atomic mass is 9.68. The highest BCUT2D eigenvalue weighted by molar-refractivity contribution is 5.78. The number of ether oxygens (including phenoxy) is 1. The molecule has 0 N–H and O–H groups in total. The number of urea groups is 1. The largest absolute Gasteiger partial charge is 0.380 e. The number of hydrogen-bond acceptors (Lipinski definition) is 3. The fourth-order valence-electron chi connectivity index (χ4n) is 6.56. The van der Waals surface area contributed by atoms with Gasteiger partial charge < -0.3 is 14.5 Å². The quantitative estimate of drug-likeness (QED) is 0.617. The minimum atomic E-state index is 0.0119. The highest BCUT2D eigenvalue weighted by atomic mass is 16.5. The Hall–Kier alpha value is -1.59. The van der Waals surface area contributed by atoms with Crippen LogP contribution in [0.4, 0.5) is 4.79 Å². The molecule has 2 amide bonds. The number of nitrogens with zero attached hydrogens (tertiary/aromatic N) is 3. The van der Waals surface area contributed by atoms with E-state index >= 15 is 0 Å². The van der Waals surface area contributed by atoms with Crippen LogP contribution in [0.5, 0.6) is 0 Å². The van der Waals surface area contributed by atoms with Gasteiger partial charge in [0.1, 0.15) is 0 Å². The molecule has 2 aliphatic carbocycles. The van der Waals surface area contributed by atoms with Gasteiger partial charge in [-0.2, -0.15) is 0 Å². The van der Waals surface area contributed by atoms with Crippen LogP contribution < -0.4 is 0 Å². The zero-order valence-corrected chi connectivity index (χ0v) is 20.3. The van der Waals surface area contributed by atoms with Crippen molar-refractivity contribution in [1.29, 1.82) is 0 Å². The Morgan fingerprint density at radius 3 is 2.28 bits per heavy atom. The van der Waals surface area contributed by atoms with Crippen LogP contribution in [0, 0.1) is 11.3 Å². The SMILES string of the molecule is CN(C)[C@]1(c2ccccc2)CC[C@]2(CC1)CN(CCC1(C)COC1)C(=O)N2CC1CCC1. The fourth-order valence-corrected chi connectivity index (χ4v) is 6.56. The summed E-state index contributed by atoms with van der Waals surface area (Å²) in [7, 11) is 4.45. The molecule has 2 saturated heterocycles. The van der Waals surface area contributed by atoms with Crippen LogP contribution in [0.2, 0.25) is 0 Å². The van der Waals surface area contributed by atoms with Crippen molar-refractivity contribution in [2.75, 3.05) is 46.9 Å². The summed E-state index contributed by atoms with van der Waals surface area (Å²) >= 11 is 0. The molecular formula is C27H41N3O2. The second kappa shape index (κ2) is 8.32. The van der Waals surface area contributed by atoms with Crippen molar-refractivity contribution in [1.82, 2.24) is 14.7 Å². The van der Waals surface area contributed by atoms with E-state index in [9.17, 15) is 4.79 Å². The van der Waals surface area contributed by atoms with Gasteiger partial charge in [0.05, 0.1) is 18.8 Å². The molecule has 2 aliphatic heterocycles. The van der Waals surface area contributed by atoms with Gasteiger partial charge in [-0.05, 0) is 70.5 Å². The Morgan fingerprint density at radius 2 is 1.75 bits per heavy atom. The predicted octanol–water partition coefficient (Wildman–Crippen LogP) is 4.72. The van der Waals surface area contributed by atoms with Crippen molar-refractivity contribution < 1.29 is 9.53 Å². The van der Waals surface area contributed by atoms with Gasteiger partial charge in [-0.15, -0.1) is 0 Å². The van der Waals surface area contributed by atoms with Crippen LogP contribution in [0.3, 0.4) is 0 Å². The first-order valence-electron chi connectivity index (χ1n) is 12.7. The standard InChI is InChI=1S/C27H41N3O2/c1-25(20-32-21-25)16-17-29-19-26(30(24(29)31)18-22-8-7-9-22)12-14-27(15-13-26,28(2)3)23-10-5-4-6-11-23/h4-6,10-11,22H,7-9,12-21H2,1-3H3/t26-,27+. The molecule has 5 rings (SSSR count). The zero-order valence-electron chi connectivity index (χ0n) is 20.3. The summed E-state index contributed by atoms with van der Waals surface area (Å²) in [5, 5.41) is 0. The molecule has 4 aliphatic rings. The number of benzene rings is 1. The molecule has 0 unspecified atom stereocenters. The van der Waals surface area contributed by atoms with Crippen LogP contribution in [-0.2, 0) is 10.3 Å². The van der Waals surface area contributed by atoms with Gasteiger partial charge >= 0.3 is 6.03 Å². The summed E-state index contributed by atoms with van der Waals surface area (Å²) in [4.78, 5) is 20.6. The van der Waals surface area contributed by atoms with E-state index in [1.165, 1.54) is 24.8 Å². The molecule has 0 bridgehead atoms. The highest BCUT2D eigenvalue weighted by Gasteiger charge is 2.55. The lowest BCUT2D eigenvalue weighted by Crippen LogP contribution is -2.56. The number of rotatable bonds is 7. The van der Waals surface area contributed by atoms with E-state index < -0.39 is 0 Å². The average Bonchev–Trinajstić information content (AvgIpc) is 2.99. The van der Waals surface area contributed by atoms with E-state index in [1.807, 2.05) is 0 Å². The Balaban J connectivity index is 1.35. The van der Waals surface area contributed by atoms with Gasteiger partial charge in [-0.3, -0.25) is 4.90 Å². The van der Waals surface area contributed by atoms with E-state index in [-0.39, 0.29) is 16.5 Å². The van der Waals surface area contributed by atoms with Crippen LogP contribution in [0.1, 0.15) is 63.9 Å². The van der Waals surface area contributed by atoms with E-state index in [0.717, 1.165) is 65.0 Å². The number of carbonyl (C=O) groups excluding carboxylic acids is 1. The van der Waals surface area contributed by atoms with Crippen molar-refractivity contribution in [3.8, 4) is 0 Å². The molecule has 1 spiro atoms. The van der Waals surface area contributed by atoms with Gasteiger partial charge in [0.15, 0.2) is 0 Å². The highest BCUT2D eigenvalue weighted by Crippen LogP contribution is 2.49. The topological polar surface area (TPSA) is 36.0 Å². The molecule has 5 heteroatoms.